The van der Waals surface area contributed by atoms with Gasteiger partial charge in [0, 0.05) is 17.9 Å². The second-order valence-electron chi connectivity index (χ2n) is 6.45. The van der Waals surface area contributed by atoms with Crippen molar-refractivity contribution in [3.8, 4) is 0 Å². The van der Waals surface area contributed by atoms with E-state index in [4.69, 9.17) is 0 Å². The summed E-state index contributed by atoms with van der Waals surface area (Å²) in [4.78, 5) is 28.2. The van der Waals surface area contributed by atoms with Crippen LogP contribution in [0, 0.1) is 0 Å². The number of nitrogens with zero attached hydrogens (tertiary/aromatic N) is 1. The predicted octanol–water partition coefficient (Wildman–Crippen LogP) is 3.85. The predicted molar refractivity (Wildman–Crippen MR) is 99.5 cm³/mol. The Bertz CT molecular complexity index is 793. The number of thioether (sulfide) groups is 1. The van der Waals surface area contributed by atoms with E-state index in [9.17, 15) is 9.59 Å². The molecule has 0 saturated carbocycles. The summed E-state index contributed by atoms with van der Waals surface area (Å²) in [5, 5.41) is 2.56. The van der Waals surface area contributed by atoms with Crippen LogP contribution >= 0.6 is 11.8 Å². The summed E-state index contributed by atoms with van der Waals surface area (Å²) in [5.41, 5.74) is 2.02. The summed E-state index contributed by atoms with van der Waals surface area (Å²) in [7, 11) is 0. The molecule has 4 nitrogen and oxygen atoms in total. The van der Waals surface area contributed by atoms with Crippen molar-refractivity contribution >= 4 is 29.3 Å². The number of amides is 2. The molecule has 2 aromatic carbocycles. The lowest BCUT2D eigenvalue weighted by molar-refractivity contribution is -0.133. The molecule has 2 aliphatic heterocycles. The fraction of sp³-hybridized carbons (Fsp3) is 0.300. The van der Waals surface area contributed by atoms with E-state index in [1.54, 1.807) is 0 Å². The third-order valence-electron chi connectivity index (χ3n) is 4.82. The van der Waals surface area contributed by atoms with Crippen LogP contribution in [0.2, 0.25) is 0 Å². The Morgan fingerprint density at radius 1 is 1.12 bits per heavy atom. The molecular weight excluding hydrogens is 332 g/mol. The van der Waals surface area contributed by atoms with Crippen LogP contribution in [0.15, 0.2) is 59.5 Å². The smallest absolute Gasteiger partial charge is 0.238 e. The van der Waals surface area contributed by atoms with Gasteiger partial charge < -0.3 is 10.2 Å². The van der Waals surface area contributed by atoms with Crippen LogP contribution in [0.4, 0.5) is 5.69 Å². The molecule has 25 heavy (non-hydrogen) atoms. The first-order chi connectivity index (χ1) is 12.2. The van der Waals surface area contributed by atoms with E-state index in [1.165, 1.54) is 17.3 Å². The van der Waals surface area contributed by atoms with Gasteiger partial charge in [-0.25, -0.2) is 0 Å². The summed E-state index contributed by atoms with van der Waals surface area (Å²) in [5.74, 6) is -0.00843. The number of benzene rings is 2. The maximum atomic E-state index is 12.9. The van der Waals surface area contributed by atoms with Crippen molar-refractivity contribution in [2.24, 2.45) is 0 Å². The Hall–Kier alpha value is -2.27. The van der Waals surface area contributed by atoms with Crippen molar-refractivity contribution in [1.82, 2.24) is 4.90 Å². The Morgan fingerprint density at radius 2 is 1.88 bits per heavy atom. The Kier molecular flexibility index (Phi) is 4.49. The number of hydrogen-bond donors (Lipinski definition) is 1. The lowest BCUT2D eigenvalue weighted by Crippen LogP contribution is -2.37. The molecule has 2 amide bonds. The van der Waals surface area contributed by atoms with Gasteiger partial charge in [-0.15, -0.1) is 11.8 Å². The van der Waals surface area contributed by atoms with Gasteiger partial charge in [0.1, 0.15) is 0 Å². The molecule has 2 aliphatic rings. The zero-order valence-electron chi connectivity index (χ0n) is 13.9. The maximum absolute atomic E-state index is 12.9. The van der Waals surface area contributed by atoms with E-state index in [0.717, 1.165) is 30.0 Å². The highest BCUT2D eigenvalue weighted by Crippen LogP contribution is 2.38. The molecule has 0 spiro atoms. The lowest BCUT2D eigenvalue weighted by Gasteiger charge is -2.28. The van der Waals surface area contributed by atoms with E-state index < -0.39 is 0 Å². The second kappa shape index (κ2) is 6.92. The first kappa shape index (κ1) is 16.2. The molecule has 128 valence electrons. The van der Waals surface area contributed by atoms with Crippen LogP contribution in [-0.2, 0) is 9.59 Å². The number of hydrogen-bond acceptors (Lipinski definition) is 3. The van der Waals surface area contributed by atoms with Crippen molar-refractivity contribution in [1.29, 1.82) is 0 Å². The largest absolute Gasteiger partial charge is 0.336 e. The third-order valence-corrected chi connectivity index (χ3v) is 6.10. The first-order valence-corrected chi connectivity index (χ1v) is 9.51. The molecule has 5 heteroatoms. The molecule has 0 unspecified atom stereocenters. The normalized spacial score (nSPS) is 22.4. The maximum Gasteiger partial charge on any atom is 0.238 e. The zero-order valence-corrected chi connectivity index (χ0v) is 14.7. The summed E-state index contributed by atoms with van der Waals surface area (Å²) in [6.45, 7) is 0.772. The molecule has 2 aromatic rings. The zero-order chi connectivity index (χ0) is 17.2. The molecule has 2 atom stereocenters. The topological polar surface area (TPSA) is 49.4 Å². The monoisotopic (exact) mass is 352 g/mol. The number of carbonyl (C=O) groups excluding carboxylic acids is 2. The molecule has 0 aliphatic carbocycles. The number of para-hydroxylation sites is 1. The summed E-state index contributed by atoms with van der Waals surface area (Å²) in [6, 6.07) is 18.0. The highest BCUT2D eigenvalue weighted by Gasteiger charge is 2.34. The molecule has 0 aromatic heterocycles. The van der Waals surface area contributed by atoms with Gasteiger partial charge in [0.2, 0.25) is 11.8 Å². The van der Waals surface area contributed by atoms with Crippen molar-refractivity contribution in [3.63, 3.8) is 0 Å². The molecule has 4 rings (SSSR count). The van der Waals surface area contributed by atoms with Gasteiger partial charge in [-0.1, -0.05) is 42.5 Å². The Labute approximate surface area is 151 Å². The quantitative estimate of drug-likeness (QED) is 0.913. The summed E-state index contributed by atoms with van der Waals surface area (Å²) < 4.78 is 0. The molecular formula is C20H20N2O2S. The summed E-state index contributed by atoms with van der Waals surface area (Å²) in [6.07, 6.45) is 2.24. The van der Waals surface area contributed by atoms with E-state index in [2.05, 4.69) is 17.4 Å². The van der Waals surface area contributed by atoms with Crippen molar-refractivity contribution < 1.29 is 9.59 Å². The second-order valence-corrected chi connectivity index (χ2v) is 7.70. The van der Waals surface area contributed by atoms with Crippen LogP contribution in [0.3, 0.4) is 0 Å². The highest BCUT2D eigenvalue weighted by molar-refractivity contribution is 8.01. The number of carbonyl (C=O) groups is 2. The van der Waals surface area contributed by atoms with Crippen LogP contribution in [0.5, 0.6) is 0 Å². The van der Waals surface area contributed by atoms with E-state index in [0.29, 0.717) is 0 Å². The molecule has 2 heterocycles. The average Bonchev–Trinajstić information content (AvgIpc) is 3.13. The number of nitrogens with one attached hydrogen (secondary N) is 1. The van der Waals surface area contributed by atoms with Gasteiger partial charge in [0.05, 0.1) is 17.0 Å². The first-order valence-electron chi connectivity index (χ1n) is 8.63. The van der Waals surface area contributed by atoms with Gasteiger partial charge >= 0.3 is 0 Å². The van der Waals surface area contributed by atoms with Gasteiger partial charge in [0.25, 0.3) is 0 Å². The fourth-order valence-electron chi connectivity index (χ4n) is 3.59. The Morgan fingerprint density at radius 3 is 2.72 bits per heavy atom. The van der Waals surface area contributed by atoms with Gasteiger partial charge in [0.15, 0.2) is 0 Å². The average molecular weight is 352 g/mol. The molecule has 1 saturated heterocycles. The van der Waals surface area contributed by atoms with Crippen LogP contribution in [-0.4, -0.2) is 28.5 Å². The van der Waals surface area contributed by atoms with E-state index in [-0.39, 0.29) is 29.5 Å². The molecule has 1 N–H and O–H groups in total. The van der Waals surface area contributed by atoms with E-state index >= 15 is 0 Å². The molecule has 0 radical (unpaired) electrons. The standard InChI is InChI=1S/C20H20N2O2S/c23-19(22-12-6-10-16(22)14-7-2-1-3-8-14)13-18-20(24)21-15-9-4-5-11-17(15)25-18/h1-5,7-9,11,16,18H,6,10,12-13H2,(H,21,24)/t16-,18+/m0/s1. The van der Waals surface area contributed by atoms with Gasteiger partial charge in [-0.3, -0.25) is 9.59 Å². The van der Waals surface area contributed by atoms with E-state index in [1.807, 2.05) is 47.4 Å². The number of likely N-dealkylation sites (tertiary alicyclic amines) is 1. The molecule has 0 bridgehead atoms. The number of rotatable bonds is 3. The molecule has 1 fully saturated rings. The number of fused-ring (bicyclic) bond motifs is 1. The van der Waals surface area contributed by atoms with Gasteiger partial charge in [-0.2, -0.15) is 0 Å². The van der Waals surface area contributed by atoms with Crippen LogP contribution in [0.1, 0.15) is 30.9 Å². The lowest BCUT2D eigenvalue weighted by atomic mass is 10.0. The SMILES string of the molecule is O=C1Nc2ccccc2S[C@@H]1CC(=O)N1CCC[C@H]1c1ccccc1. The highest BCUT2D eigenvalue weighted by atomic mass is 32.2. The van der Waals surface area contributed by atoms with Crippen molar-refractivity contribution in [2.45, 2.75) is 35.4 Å². The summed E-state index contributed by atoms with van der Waals surface area (Å²) >= 11 is 1.49. The minimum absolute atomic E-state index is 0.0679. The number of anilines is 1. The van der Waals surface area contributed by atoms with Gasteiger partial charge in [-0.05, 0) is 30.5 Å². The van der Waals surface area contributed by atoms with Crippen molar-refractivity contribution in [2.75, 3.05) is 11.9 Å². The minimum Gasteiger partial charge on any atom is -0.336 e. The third kappa shape index (κ3) is 3.29. The minimum atomic E-state index is -0.362. The fourth-order valence-corrected chi connectivity index (χ4v) is 4.69. The Balaban J connectivity index is 1.47. The van der Waals surface area contributed by atoms with Crippen LogP contribution < -0.4 is 5.32 Å². The van der Waals surface area contributed by atoms with Crippen LogP contribution in [0.25, 0.3) is 0 Å². The van der Waals surface area contributed by atoms with Crippen molar-refractivity contribution in [3.05, 3.63) is 60.2 Å².